The highest BCUT2D eigenvalue weighted by Crippen LogP contribution is 2.13. The van der Waals surface area contributed by atoms with Crippen molar-refractivity contribution in [2.24, 2.45) is 0 Å². The molecule has 0 aliphatic rings. The molecule has 0 atom stereocenters. The van der Waals surface area contributed by atoms with Gasteiger partial charge >= 0.3 is 0 Å². The van der Waals surface area contributed by atoms with Crippen molar-refractivity contribution < 1.29 is 4.79 Å². The number of amides is 1. The number of rotatable bonds is 3. The number of pyridine rings is 1. The average Bonchev–Trinajstić information content (AvgIpc) is 3.02. The third-order valence-corrected chi connectivity index (χ3v) is 3.19. The summed E-state index contributed by atoms with van der Waals surface area (Å²) in [6.07, 6.45) is 3.53. The van der Waals surface area contributed by atoms with Crippen LogP contribution in [-0.4, -0.2) is 20.7 Å². The molecule has 0 bridgehead atoms. The standard InChI is InChI=1S/C16H14N4O2/c1-11-3-8-14(15(21)18-11)16(22)19-12-4-6-13(7-5-12)20-10-2-9-17-20/h2-10H,1H3,(H,18,21)(H,19,22). The van der Waals surface area contributed by atoms with E-state index in [2.05, 4.69) is 15.4 Å². The Bertz CT molecular complexity index is 849. The second-order valence-corrected chi connectivity index (χ2v) is 4.84. The molecule has 0 saturated carbocycles. The molecule has 6 heteroatoms. The summed E-state index contributed by atoms with van der Waals surface area (Å²) in [7, 11) is 0. The lowest BCUT2D eigenvalue weighted by atomic mass is 10.2. The number of aryl methyl sites for hydroxylation is 1. The van der Waals surface area contributed by atoms with Gasteiger partial charge in [0.1, 0.15) is 5.56 Å². The molecule has 3 rings (SSSR count). The van der Waals surface area contributed by atoms with Gasteiger partial charge in [-0.1, -0.05) is 0 Å². The van der Waals surface area contributed by atoms with Gasteiger partial charge in [-0.3, -0.25) is 9.59 Å². The molecule has 1 aromatic carbocycles. The predicted molar refractivity (Wildman–Crippen MR) is 83.3 cm³/mol. The lowest BCUT2D eigenvalue weighted by Crippen LogP contribution is -2.23. The molecule has 22 heavy (non-hydrogen) atoms. The van der Waals surface area contributed by atoms with Crippen LogP contribution in [0.1, 0.15) is 16.1 Å². The third-order valence-electron chi connectivity index (χ3n) is 3.19. The summed E-state index contributed by atoms with van der Waals surface area (Å²) < 4.78 is 1.72. The zero-order valence-corrected chi connectivity index (χ0v) is 11.9. The average molecular weight is 294 g/mol. The monoisotopic (exact) mass is 294 g/mol. The number of nitrogens with zero attached hydrogens (tertiary/aromatic N) is 2. The minimum atomic E-state index is -0.437. The SMILES string of the molecule is Cc1ccc(C(=O)Nc2ccc(-n3cccn3)cc2)c(=O)[nH]1. The first-order chi connectivity index (χ1) is 10.6. The minimum absolute atomic E-state index is 0.0850. The van der Waals surface area contributed by atoms with Gasteiger partial charge in [-0.05, 0) is 49.4 Å². The maximum Gasteiger partial charge on any atom is 0.261 e. The van der Waals surface area contributed by atoms with Gasteiger partial charge in [0.25, 0.3) is 11.5 Å². The van der Waals surface area contributed by atoms with E-state index >= 15 is 0 Å². The quantitative estimate of drug-likeness (QED) is 0.776. The maximum atomic E-state index is 12.1. The molecule has 0 spiro atoms. The van der Waals surface area contributed by atoms with Crippen LogP contribution >= 0.6 is 0 Å². The van der Waals surface area contributed by atoms with Crippen LogP contribution in [0.15, 0.2) is 59.7 Å². The van der Waals surface area contributed by atoms with Gasteiger partial charge in [-0.15, -0.1) is 0 Å². The van der Waals surface area contributed by atoms with E-state index in [0.29, 0.717) is 11.4 Å². The Balaban J connectivity index is 1.78. The van der Waals surface area contributed by atoms with Gasteiger partial charge in [0.15, 0.2) is 0 Å². The number of carbonyl (C=O) groups is 1. The van der Waals surface area contributed by atoms with Crippen LogP contribution < -0.4 is 10.9 Å². The molecule has 0 saturated heterocycles. The van der Waals surface area contributed by atoms with Crippen LogP contribution in [-0.2, 0) is 0 Å². The highest BCUT2D eigenvalue weighted by molar-refractivity contribution is 6.04. The molecule has 0 unspecified atom stereocenters. The number of aromatic amines is 1. The van der Waals surface area contributed by atoms with Gasteiger partial charge in [-0.2, -0.15) is 5.10 Å². The van der Waals surface area contributed by atoms with Crippen LogP contribution in [0.5, 0.6) is 0 Å². The molecule has 110 valence electrons. The molecule has 2 N–H and O–H groups in total. The number of benzene rings is 1. The number of hydrogen-bond acceptors (Lipinski definition) is 3. The van der Waals surface area contributed by atoms with Gasteiger partial charge in [-0.25, -0.2) is 4.68 Å². The minimum Gasteiger partial charge on any atom is -0.326 e. The Morgan fingerprint density at radius 2 is 1.95 bits per heavy atom. The van der Waals surface area contributed by atoms with E-state index < -0.39 is 11.5 Å². The Labute approximate surface area is 126 Å². The summed E-state index contributed by atoms with van der Waals surface area (Å²) in [4.78, 5) is 26.5. The van der Waals surface area contributed by atoms with Crippen molar-refractivity contribution >= 4 is 11.6 Å². The van der Waals surface area contributed by atoms with Crippen molar-refractivity contribution in [3.05, 3.63) is 76.5 Å². The smallest absolute Gasteiger partial charge is 0.261 e. The number of anilines is 1. The number of carbonyl (C=O) groups excluding carboxylic acids is 1. The Kier molecular flexibility index (Phi) is 3.57. The van der Waals surface area contributed by atoms with Gasteiger partial charge < -0.3 is 10.3 Å². The van der Waals surface area contributed by atoms with Crippen molar-refractivity contribution in [1.82, 2.24) is 14.8 Å². The van der Waals surface area contributed by atoms with Crippen molar-refractivity contribution in [2.75, 3.05) is 5.32 Å². The number of hydrogen-bond donors (Lipinski definition) is 2. The predicted octanol–water partition coefficient (Wildman–Crippen LogP) is 2.12. The van der Waals surface area contributed by atoms with Crippen molar-refractivity contribution in [2.45, 2.75) is 6.92 Å². The fourth-order valence-electron chi connectivity index (χ4n) is 2.07. The fraction of sp³-hybridized carbons (Fsp3) is 0.0625. The largest absolute Gasteiger partial charge is 0.326 e. The molecule has 0 aliphatic carbocycles. The van der Waals surface area contributed by atoms with E-state index in [1.165, 1.54) is 6.07 Å². The lowest BCUT2D eigenvalue weighted by molar-refractivity contribution is 0.102. The molecular weight excluding hydrogens is 280 g/mol. The van der Waals surface area contributed by atoms with E-state index in [1.54, 1.807) is 36.0 Å². The van der Waals surface area contributed by atoms with Gasteiger partial charge in [0.05, 0.1) is 5.69 Å². The second-order valence-electron chi connectivity index (χ2n) is 4.84. The van der Waals surface area contributed by atoms with Crippen LogP contribution in [0, 0.1) is 6.92 Å². The topological polar surface area (TPSA) is 79.8 Å². The third kappa shape index (κ3) is 2.80. The first-order valence-electron chi connectivity index (χ1n) is 6.75. The Morgan fingerprint density at radius 1 is 1.18 bits per heavy atom. The van der Waals surface area contributed by atoms with E-state index in [0.717, 1.165) is 5.69 Å². The summed E-state index contributed by atoms with van der Waals surface area (Å²) >= 11 is 0. The van der Waals surface area contributed by atoms with Crippen molar-refractivity contribution in [1.29, 1.82) is 0 Å². The van der Waals surface area contributed by atoms with Gasteiger partial charge in [0.2, 0.25) is 0 Å². The van der Waals surface area contributed by atoms with Crippen molar-refractivity contribution in [3.63, 3.8) is 0 Å². The highest BCUT2D eigenvalue weighted by atomic mass is 16.2. The first kappa shape index (κ1) is 13.8. The molecular formula is C16H14N4O2. The molecule has 0 fully saturated rings. The fourth-order valence-corrected chi connectivity index (χ4v) is 2.07. The molecule has 1 amide bonds. The molecule has 2 heterocycles. The molecule has 0 aliphatic heterocycles. The van der Waals surface area contributed by atoms with Crippen LogP contribution in [0.3, 0.4) is 0 Å². The lowest BCUT2D eigenvalue weighted by Gasteiger charge is -2.06. The Hall–Kier alpha value is -3.15. The summed E-state index contributed by atoms with van der Waals surface area (Å²) in [6.45, 7) is 1.76. The number of nitrogens with one attached hydrogen (secondary N) is 2. The van der Waals surface area contributed by atoms with Crippen molar-refractivity contribution in [3.8, 4) is 5.69 Å². The summed E-state index contributed by atoms with van der Waals surface area (Å²) in [5.41, 5.74) is 1.90. The number of H-pyrrole nitrogens is 1. The maximum absolute atomic E-state index is 12.1. The van der Waals surface area contributed by atoms with Crippen LogP contribution in [0.4, 0.5) is 5.69 Å². The van der Waals surface area contributed by atoms with E-state index in [4.69, 9.17) is 0 Å². The highest BCUT2D eigenvalue weighted by Gasteiger charge is 2.10. The molecule has 0 radical (unpaired) electrons. The van der Waals surface area contributed by atoms with Crippen LogP contribution in [0.2, 0.25) is 0 Å². The molecule has 2 aromatic heterocycles. The zero-order valence-electron chi connectivity index (χ0n) is 11.9. The van der Waals surface area contributed by atoms with Crippen LogP contribution in [0.25, 0.3) is 5.69 Å². The summed E-state index contributed by atoms with van der Waals surface area (Å²) in [5.74, 6) is -0.437. The summed E-state index contributed by atoms with van der Waals surface area (Å²) in [5, 5.41) is 6.83. The van der Waals surface area contributed by atoms with E-state index in [9.17, 15) is 9.59 Å². The molecule has 3 aromatic rings. The Morgan fingerprint density at radius 3 is 2.59 bits per heavy atom. The second kappa shape index (κ2) is 5.69. The van der Waals surface area contributed by atoms with E-state index in [1.807, 2.05) is 24.4 Å². The van der Waals surface area contributed by atoms with E-state index in [-0.39, 0.29) is 5.56 Å². The van der Waals surface area contributed by atoms with Gasteiger partial charge in [0, 0.05) is 23.8 Å². The number of aromatic nitrogens is 3. The normalized spacial score (nSPS) is 10.4. The molecule has 6 nitrogen and oxygen atoms in total. The summed E-state index contributed by atoms with van der Waals surface area (Å²) in [6, 6.07) is 12.2. The first-order valence-corrected chi connectivity index (χ1v) is 6.75. The zero-order chi connectivity index (χ0) is 15.5.